The lowest BCUT2D eigenvalue weighted by Crippen LogP contribution is -2.38. The maximum Gasteiger partial charge on any atom is 0.340 e. The summed E-state index contributed by atoms with van der Waals surface area (Å²) in [5.74, 6) is -1.05. The standard InChI is InChI=1S/C21H26N2O5S/c1-5-28-21(25)17-11-6-8-12-18(17)22-20(24)14-23(29(4,26)27)19-13-9-7-10-16(19)15(2)3/h6-13,15H,5,14H2,1-4H3,(H,22,24). The lowest BCUT2D eigenvalue weighted by Gasteiger charge is -2.25. The van der Waals surface area contributed by atoms with Crippen molar-refractivity contribution in [3.8, 4) is 0 Å². The Morgan fingerprint density at radius 3 is 2.31 bits per heavy atom. The number of amides is 1. The van der Waals surface area contributed by atoms with Crippen molar-refractivity contribution in [2.24, 2.45) is 0 Å². The number of ether oxygens (including phenoxy) is 1. The summed E-state index contributed by atoms with van der Waals surface area (Å²) in [6.45, 7) is 5.38. The molecule has 7 nitrogen and oxygen atoms in total. The van der Waals surface area contributed by atoms with Gasteiger partial charge in [0.15, 0.2) is 0 Å². The van der Waals surface area contributed by atoms with Gasteiger partial charge in [0.2, 0.25) is 15.9 Å². The van der Waals surface area contributed by atoms with E-state index >= 15 is 0 Å². The van der Waals surface area contributed by atoms with Gasteiger partial charge in [0.25, 0.3) is 0 Å². The van der Waals surface area contributed by atoms with Crippen molar-refractivity contribution in [3.05, 3.63) is 59.7 Å². The van der Waals surface area contributed by atoms with Crippen LogP contribution < -0.4 is 9.62 Å². The molecule has 0 fully saturated rings. The minimum Gasteiger partial charge on any atom is -0.462 e. The Morgan fingerprint density at radius 1 is 1.07 bits per heavy atom. The van der Waals surface area contributed by atoms with E-state index in [-0.39, 0.29) is 23.8 Å². The van der Waals surface area contributed by atoms with Gasteiger partial charge in [-0.3, -0.25) is 9.10 Å². The number of para-hydroxylation sites is 2. The molecule has 0 unspecified atom stereocenters. The van der Waals surface area contributed by atoms with E-state index in [1.807, 2.05) is 26.0 Å². The molecule has 0 saturated carbocycles. The number of hydrogen-bond donors (Lipinski definition) is 1. The van der Waals surface area contributed by atoms with Gasteiger partial charge < -0.3 is 10.1 Å². The van der Waals surface area contributed by atoms with Crippen molar-refractivity contribution in [1.82, 2.24) is 0 Å². The van der Waals surface area contributed by atoms with Gasteiger partial charge in [-0.1, -0.05) is 44.2 Å². The highest BCUT2D eigenvalue weighted by molar-refractivity contribution is 7.92. The van der Waals surface area contributed by atoms with E-state index in [0.29, 0.717) is 5.69 Å². The summed E-state index contributed by atoms with van der Waals surface area (Å²) in [6.07, 6.45) is 1.06. The molecule has 29 heavy (non-hydrogen) atoms. The summed E-state index contributed by atoms with van der Waals surface area (Å²) < 4.78 is 30.9. The van der Waals surface area contributed by atoms with Crippen LogP contribution >= 0.6 is 0 Å². The monoisotopic (exact) mass is 418 g/mol. The third-order valence-electron chi connectivity index (χ3n) is 4.21. The van der Waals surface area contributed by atoms with Gasteiger partial charge >= 0.3 is 5.97 Å². The van der Waals surface area contributed by atoms with Crippen LogP contribution in [0.4, 0.5) is 11.4 Å². The molecular weight excluding hydrogens is 392 g/mol. The summed E-state index contributed by atoms with van der Waals surface area (Å²) in [6, 6.07) is 13.5. The fourth-order valence-corrected chi connectivity index (χ4v) is 3.76. The first-order valence-corrected chi connectivity index (χ1v) is 11.1. The van der Waals surface area contributed by atoms with E-state index < -0.39 is 28.4 Å². The highest BCUT2D eigenvalue weighted by Crippen LogP contribution is 2.29. The molecule has 0 atom stereocenters. The Bertz CT molecular complexity index is 986. The molecule has 0 heterocycles. The zero-order valence-corrected chi connectivity index (χ0v) is 17.8. The highest BCUT2D eigenvalue weighted by Gasteiger charge is 2.24. The lowest BCUT2D eigenvalue weighted by molar-refractivity contribution is -0.114. The molecule has 0 radical (unpaired) electrons. The second kappa shape index (κ2) is 9.56. The molecule has 0 aromatic heterocycles. The van der Waals surface area contributed by atoms with E-state index in [4.69, 9.17) is 4.74 Å². The number of nitrogens with one attached hydrogen (secondary N) is 1. The molecule has 8 heteroatoms. The molecule has 0 bridgehead atoms. The third kappa shape index (κ3) is 5.80. The first-order chi connectivity index (χ1) is 13.6. The van der Waals surface area contributed by atoms with Crippen molar-refractivity contribution in [3.63, 3.8) is 0 Å². The smallest absolute Gasteiger partial charge is 0.340 e. The normalized spacial score (nSPS) is 11.2. The number of rotatable bonds is 8. The fraction of sp³-hybridized carbons (Fsp3) is 0.333. The first-order valence-electron chi connectivity index (χ1n) is 9.27. The van der Waals surface area contributed by atoms with Gasteiger partial charge in [0.05, 0.1) is 29.8 Å². The van der Waals surface area contributed by atoms with Crippen LogP contribution in [0.25, 0.3) is 0 Å². The first kappa shape index (κ1) is 22.4. The number of nitrogens with zero attached hydrogens (tertiary/aromatic N) is 1. The number of esters is 1. The van der Waals surface area contributed by atoms with E-state index in [0.717, 1.165) is 16.1 Å². The van der Waals surface area contributed by atoms with Crippen LogP contribution in [0.1, 0.15) is 42.6 Å². The third-order valence-corrected chi connectivity index (χ3v) is 5.34. The minimum atomic E-state index is -3.72. The maximum atomic E-state index is 12.7. The average molecular weight is 419 g/mol. The van der Waals surface area contributed by atoms with Gasteiger partial charge in [0, 0.05) is 0 Å². The van der Waals surface area contributed by atoms with Crippen LogP contribution in [-0.2, 0) is 19.6 Å². The van der Waals surface area contributed by atoms with Crippen LogP contribution in [0.2, 0.25) is 0 Å². The van der Waals surface area contributed by atoms with Gasteiger partial charge in [0.1, 0.15) is 6.54 Å². The predicted molar refractivity (Wildman–Crippen MR) is 114 cm³/mol. The summed E-state index contributed by atoms with van der Waals surface area (Å²) in [7, 11) is -3.72. The number of benzene rings is 2. The Morgan fingerprint density at radius 2 is 1.69 bits per heavy atom. The quantitative estimate of drug-likeness (QED) is 0.664. The molecule has 1 N–H and O–H groups in total. The largest absolute Gasteiger partial charge is 0.462 e. The molecule has 0 aliphatic heterocycles. The van der Waals surface area contributed by atoms with Crippen molar-refractivity contribution in [2.45, 2.75) is 26.7 Å². The fourth-order valence-electron chi connectivity index (χ4n) is 2.88. The summed E-state index contributed by atoms with van der Waals surface area (Å²) in [5.41, 5.74) is 1.74. The molecular formula is C21H26N2O5S. The number of carbonyl (C=O) groups excluding carboxylic acids is 2. The van der Waals surface area contributed by atoms with Crippen molar-refractivity contribution in [1.29, 1.82) is 0 Å². The molecule has 2 rings (SSSR count). The van der Waals surface area contributed by atoms with Crippen LogP contribution in [0.3, 0.4) is 0 Å². The van der Waals surface area contributed by atoms with Crippen molar-refractivity contribution >= 4 is 33.3 Å². The summed E-state index contributed by atoms with van der Waals surface area (Å²) >= 11 is 0. The molecule has 0 aliphatic carbocycles. The second-order valence-corrected chi connectivity index (χ2v) is 8.70. The molecule has 2 aromatic carbocycles. The van der Waals surface area contributed by atoms with Gasteiger partial charge in [-0.2, -0.15) is 0 Å². The number of sulfonamides is 1. The van der Waals surface area contributed by atoms with Crippen LogP contribution in [0, 0.1) is 0 Å². The number of hydrogen-bond acceptors (Lipinski definition) is 5. The Labute approximate surface area is 171 Å². The lowest BCUT2D eigenvalue weighted by atomic mass is 10.0. The van der Waals surface area contributed by atoms with Gasteiger partial charge in [-0.25, -0.2) is 13.2 Å². The second-order valence-electron chi connectivity index (χ2n) is 6.80. The summed E-state index contributed by atoms with van der Waals surface area (Å²) in [4.78, 5) is 24.8. The molecule has 0 spiro atoms. The highest BCUT2D eigenvalue weighted by atomic mass is 32.2. The molecule has 2 aromatic rings. The van der Waals surface area contributed by atoms with Crippen LogP contribution in [0.15, 0.2) is 48.5 Å². The van der Waals surface area contributed by atoms with Gasteiger partial charge in [-0.15, -0.1) is 0 Å². The predicted octanol–water partition coefficient (Wildman–Crippen LogP) is 3.39. The molecule has 0 aliphatic rings. The van der Waals surface area contributed by atoms with Crippen molar-refractivity contribution in [2.75, 3.05) is 29.0 Å². The van der Waals surface area contributed by atoms with Crippen LogP contribution in [0.5, 0.6) is 0 Å². The zero-order chi connectivity index (χ0) is 21.6. The maximum absolute atomic E-state index is 12.7. The Kier molecular flexibility index (Phi) is 7.39. The molecule has 1 amide bonds. The SMILES string of the molecule is CCOC(=O)c1ccccc1NC(=O)CN(c1ccccc1C(C)C)S(C)(=O)=O. The van der Waals surface area contributed by atoms with E-state index in [1.54, 1.807) is 37.3 Å². The van der Waals surface area contributed by atoms with E-state index in [1.165, 1.54) is 6.07 Å². The van der Waals surface area contributed by atoms with Gasteiger partial charge in [-0.05, 0) is 36.6 Å². The Balaban J connectivity index is 2.32. The molecule has 156 valence electrons. The average Bonchev–Trinajstić information content (AvgIpc) is 2.66. The number of carbonyl (C=O) groups is 2. The zero-order valence-electron chi connectivity index (χ0n) is 17.0. The van der Waals surface area contributed by atoms with Crippen LogP contribution in [-0.4, -0.2) is 39.7 Å². The Hall–Kier alpha value is -2.87. The minimum absolute atomic E-state index is 0.0723. The topological polar surface area (TPSA) is 92.8 Å². The van der Waals surface area contributed by atoms with E-state index in [2.05, 4.69) is 5.32 Å². The van der Waals surface area contributed by atoms with E-state index in [9.17, 15) is 18.0 Å². The summed E-state index contributed by atoms with van der Waals surface area (Å²) in [5, 5.41) is 2.62. The number of anilines is 2. The molecule has 0 saturated heterocycles. The van der Waals surface area contributed by atoms with Crippen molar-refractivity contribution < 1.29 is 22.7 Å².